The highest BCUT2D eigenvalue weighted by Gasteiger charge is 2.13. The van der Waals surface area contributed by atoms with Crippen molar-refractivity contribution in [3.8, 4) is 0 Å². The number of hydrogen-bond donors (Lipinski definition) is 1. The first kappa shape index (κ1) is 19.8. The first-order valence-corrected chi connectivity index (χ1v) is 9.17. The fraction of sp³-hybridized carbons (Fsp3) is 0.857. The molecule has 4 nitrogen and oxygen atoms in total. The van der Waals surface area contributed by atoms with Gasteiger partial charge in [-0.05, 0) is 23.3 Å². The van der Waals surface area contributed by atoms with Crippen molar-refractivity contribution in [3.05, 3.63) is 0 Å². The summed E-state index contributed by atoms with van der Waals surface area (Å²) in [7, 11) is 1.41. The van der Waals surface area contributed by atoms with Gasteiger partial charge in [0, 0.05) is 17.9 Å². The minimum Gasteiger partial charge on any atom is -0.469 e. The third kappa shape index (κ3) is 10.6. The number of carbonyl (C=O) groups excluding carboxylic acids is 2. The van der Waals surface area contributed by atoms with E-state index in [1.54, 1.807) is 23.5 Å². The molecule has 0 aliphatic rings. The Morgan fingerprint density at radius 1 is 1.05 bits per heavy atom. The molecule has 2 unspecified atom stereocenters. The zero-order valence-corrected chi connectivity index (χ0v) is 14.2. The average molecular weight is 322 g/mol. The Morgan fingerprint density at radius 3 is 2.00 bits per heavy atom. The van der Waals surface area contributed by atoms with Crippen molar-refractivity contribution in [2.75, 3.05) is 36.7 Å². The van der Waals surface area contributed by atoms with Crippen LogP contribution in [-0.2, 0) is 14.3 Å². The Morgan fingerprint density at radius 2 is 1.55 bits per heavy atom. The van der Waals surface area contributed by atoms with Crippen molar-refractivity contribution in [1.29, 1.82) is 0 Å². The van der Waals surface area contributed by atoms with Gasteiger partial charge >= 0.3 is 5.97 Å². The van der Waals surface area contributed by atoms with Crippen molar-refractivity contribution in [2.24, 2.45) is 11.8 Å². The van der Waals surface area contributed by atoms with Crippen LogP contribution in [0.2, 0.25) is 0 Å². The molecule has 0 heterocycles. The number of Topliss-reactive ketones (excluding diaryl/α,β-unsaturated/α-hetero) is 1. The molecule has 0 aromatic rings. The average Bonchev–Trinajstić information content (AvgIpc) is 2.46. The molecule has 0 spiro atoms. The normalized spacial score (nSPS) is 13.8. The van der Waals surface area contributed by atoms with E-state index in [0.717, 1.165) is 23.0 Å². The van der Waals surface area contributed by atoms with Gasteiger partial charge in [0.25, 0.3) is 0 Å². The maximum atomic E-state index is 11.0. The van der Waals surface area contributed by atoms with Crippen molar-refractivity contribution in [2.45, 2.75) is 26.7 Å². The number of rotatable bonds is 12. The van der Waals surface area contributed by atoms with E-state index in [1.807, 2.05) is 0 Å². The summed E-state index contributed by atoms with van der Waals surface area (Å²) < 4.78 is 4.60. The van der Waals surface area contributed by atoms with Crippen LogP contribution < -0.4 is 0 Å². The molecule has 2 atom stereocenters. The predicted octanol–water partition coefficient (Wildman–Crippen LogP) is 2.24. The molecule has 0 bridgehead atoms. The van der Waals surface area contributed by atoms with E-state index in [1.165, 1.54) is 7.11 Å². The lowest BCUT2D eigenvalue weighted by molar-refractivity contribution is -0.140. The van der Waals surface area contributed by atoms with E-state index in [4.69, 9.17) is 5.11 Å². The predicted molar refractivity (Wildman–Crippen MR) is 86.3 cm³/mol. The molecule has 118 valence electrons. The highest BCUT2D eigenvalue weighted by atomic mass is 32.2. The second-order valence-electron chi connectivity index (χ2n) is 4.88. The van der Waals surface area contributed by atoms with Crippen LogP contribution in [0.5, 0.6) is 0 Å². The lowest BCUT2D eigenvalue weighted by atomic mass is 10.0. The summed E-state index contributed by atoms with van der Waals surface area (Å²) >= 11 is 3.55. The minimum absolute atomic E-state index is 0.0865. The van der Waals surface area contributed by atoms with Gasteiger partial charge in [-0.3, -0.25) is 9.59 Å². The Kier molecular flexibility index (Phi) is 12.4. The van der Waals surface area contributed by atoms with Crippen LogP contribution in [0.4, 0.5) is 0 Å². The van der Waals surface area contributed by atoms with Crippen molar-refractivity contribution in [1.82, 2.24) is 0 Å². The Labute approximate surface area is 130 Å². The van der Waals surface area contributed by atoms with E-state index < -0.39 is 0 Å². The summed E-state index contributed by atoms with van der Waals surface area (Å²) in [6.45, 7) is 4.09. The molecule has 0 aromatic heterocycles. The van der Waals surface area contributed by atoms with E-state index in [-0.39, 0.29) is 18.4 Å². The number of ketones is 1. The lowest BCUT2D eigenvalue weighted by Crippen LogP contribution is -2.14. The fourth-order valence-corrected chi connectivity index (χ4v) is 3.81. The van der Waals surface area contributed by atoms with Gasteiger partial charge in [-0.2, -0.15) is 23.5 Å². The van der Waals surface area contributed by atoms with Crippen LogP contribution in [0.15, 0.2) is 0 Å². The maximum Gasteiger partial charge on any atom is 0.306 e. The molecule has 0 aliphatic heterocycles. The van der Waals surface area contributed by atoms with Gasteiger partial charge in [-0.15, -0.1) is 0 Å². The topological polar surface area (TPSA) is 63.6 Å². The van der Waals surface area contributed by atoms with Gasteiger partial charge in [0.1, 0.15) is 6.61 Å². The number of aliphatic hydroxyl groups excluding tert-OH is 1. The van der Waals surface area contributed by atoms with Crippen LogP contribution in [0.1, 0.15) is 26.7 Å². The summed E-state index contributed by atoms with van der Waals surface area (Å²) in [5.74, 6) is 4.58. The third-order valence-corrected chi connectivity index (χ3v) is 5.62. The first-order valence-electron chi connectivity index (χ1n) is 6.86. The highest BCUT2D eigenvalue weighted by molar-refractivity contribution is 7.99. The Hall–Kier alpha value is -0.200. The van der Waals surface area contributed by atoms with Gasteiger partial charge in [-0.25, -0.2) is 0 Å². The van der Waals surface area contributed by atoms with E-state index in [0.29, 0.717) is 24.7 Å². The van der Waals surface area contributed by atoms with Crippen LogP contribution in [0.3, 0.4) is 0 Å². The smallest absolute Gasteiger partial charge is 0.306 e. The van der Waals surface area contributed by atoms with Crippen LogP contribution in [-0.4, -0.2) is 53.6 Å². The molecule has 0 aliphatic carbocycles. The summed E-state index contributed by atoms with van der Waals surface area (Å²) in [4.78, 5) is 21.9. The molecule has 6 heteroatoms. The monoisotopic (exact) mass is 322 g/mol. The zero-order valence-electron chi connectivity index (χ0n) is 12.6. The van der Waals surface area contributed by atoms with Gasteiger partial charge in [0.2, 0.25) is 0 Å². The van der Waals surface area contributed by atoms with Crippen molar-refractivity contribution < 1.29 is 19.4 Å². The highest BCUT2D eigenvalue weighted by Crippen LogP contribution is 2.21. The molecular weight excluding hydrogens is 296 g/mol. The first-order chi connectivity index (χ1) is 9.51. The standard InChI is InChI=1S/C14H26O4S2/c1-11(9-19-6-4-13(16)8-15)12(2)10-20-7-5-14(17)18-3/h11-12,15H,4-10H2,1-3H3. The summed E-state index contributed by atoms with van der Waals surface area (Å²) in [5, 5.41) is 8.61. The van der Waals surface area contributed by atoms with Crippen LogP contribution in [0, 0.1) is 11.8 Å². The molecule has 20 heavy (non-hydrogen) atoms. The lowest BCUT2D eigenvalue weighted by Gasteiger charge is -2.19. The zero-order chi connectivity index (χ0) is 15.4. The van der Waals surface area contributed by atoms with Gasteiger partial charge in [0.15, 0.2) is 5.78 Å². The number of carbonyl (C=O) groups is 2. The van der Waals surface area contributed by atoms with Crippen molar-refractivity contribution >= 4 is 35.3 Å². The van der Waals surface area contributed by atoms with Crippen molar-refractivity contribution in [3.63, 3.8) is 0 Å². The molecule has 0 saturated carbocycles. The molecule has 0 saturated heterocycles. The number of hydrogen-bond acceptors (Lipinski definition) is 6. The molecule has 0 fully saturated rings. The minimum atomic E-state index is -0.344. The second-order valence-corrected chi connectivity index (χ2v) is 7.18. The fourth-order valence-electron chi connectivity index (χ4n) is 1.39. The maximum absolute atomic E-state index is 11.0. The number of methoxy groups -OCH3 is 1. The Bertz CT molecular complexity index is 256. The Balaban J connectivity index is 3.58. The molecular formula is C14H26O4S2. The number of thioether (sulfide) groups is 2. The summed E-state index contributed by atoms with van der Waals surface area (Å²) in [6, 6.07) is 0. The molecule has 0 amide bonds. The summed E-state index contributed by atoms with van der Waals surface area (Å²) in [5.41, 5.74) is 0. The number of ether oxygens (including phenoxy) is 1. The van der Waals surface area contributed by atoms with Gasteiger partial charge < -0.3 is 9.84 Å². The quantitative estimate of drug-likeness (QED) is 0.439. The summed E-state index contributed by atoms with van der Waals surface area (Å²) in [6.07, 6.45) is 0.927. The number of esters is 1. The largest absolute Gasteiger partial charge is 0.469 e. The van der Waals surface area contributed by atoms with Gasteiger partial charge in [-0.1, -0.05) is 13.8 Å². The van der Waals surface area contributed by atoms with E-state index in [2.05, 4.69) is 18.6 Å². The van der Waals surface area contributed by atoms with Crippen LogP contribution in [0.25, 0.3) is 0 Å². The van der Waals surface area contributed by atoms with Crippen LogP contribution >= 0.6 is 23.5 Å². The van der Waals surface area contributed by atoms with E-state index in [9.17, 15) is 9.59 Å². The molecule has 1 N–H and O–H groups in total. The SMILES string of the molecule is COC(=O)CCSCC(C)C(C)CSCCC(=O)CO. The van der Waals surface area contributed by atoms with Gasteiger partial charge in [0.05, 0.1) is 13.5 Å². The van der Waals surface area contributed by atoms with E-state index >= 15 is 0 Å². The number of aliphatic hydroxyl groups is 1. The molecule has 0 radical (unpaired) electrons. The molecule has 0 aromatic carbocycles. The second kappa shape index (κ2) is 12.5. The third-order valence-electron chi connectivity index (χ3n) is 3.11. The molecule has 0 rings (SSSR count).